The third-order valence-electron chi connectivity index (χ3n) is 3.84. The van der Waals surface area contributed by atoms with Gasteiger partial charge in [-0.3, -0.25) is 0 Å². The molecule has 1 atom stereocenters. The molecular weight excluding hydrogens is 294 g/mol. The topological polar surface area (TPSA) is 12.0 Å². The number of hydrogen-bond donors (Lipinski definition) is 1. The first kappa shape index (κ1) is 13.6. The first-order valence-electron chi connectivity index (χ1n) is 6.63. The number of halogens is 1. The van der Waals surface area contributed by atoms with Gasteiger partial charge in [0.25, 0.3) is 0 Å². The molecule has 1 aromatic rings. The lowest BCUT2D eigenvalue weighted by Gasteiger charge is -2.17. The minimum atomic E-state index is 0.531. The second kappa shape index (κ2) is 6.35. The summed E-state index contributed by atoms with van der Waals surface area (Å²) in [5.41, 5.74) is 0. The molecule has 1 aliphatic carbocycles. The monoisotopic (exact) mass is 315 g/mol. The van der Waals surface area contributed by atoms with Crippen LogP contribution in [0.25, 0.3) is 0 Å². The Morgan fingerprint density at radius 1 is 1.47 bits per heavy atom. The van der Waals surface area contributed by atoms with Gasteiger partial charge in [-0.2, -0.15) is 0 Å². The van der Waals surface area contributed by atoms with Crippen molar-refractivity contribution in [1.29, 1.82) is 0 Å². The molecule has 2 rings (SSSR count). The Balaban J connectivity index is 1.93. The molecule has 0 spiro atoms. The Kier molecular flexibility index (Phi) is 5.07. The minimum absolute atomic E-state index is 0.531. The van der Waals surface area contributed by atoms with E-state index in [0.29, 0.717) is 6.04 Å². The Morgan fingerprint density at radius 2 is 2.18 bits per heavy atom. The summed E-state index contributed by atoms with van der Waals surface area (Å²) in [6.45, 7) is 2.18. The molecule has 0 aromatic carbocycles. The predicted molar refractivity (Wildman–Crippen MR) is 79.7 cm³/mol. The van der Waals surface area contributed by atoms with Crippen LogP contribution in [0.2, 0.25) is 0 Å². The van der Waals surface area contributed by atoms with Crippen LogP contribution < -0.4 is 5.32 Å². The molecule has 3 heteroatoms. The van der Waals surface area contributed by atoms with Crippen LogP contribution in [0, 0.1) is 12.8 Å². The Bertz CT molecular complexity index is 355. The highest BCUT2D eigenvalue weighted by Gasteiger charge is 2.20. The van der Waals surface area contributed by atoms with Gasteiger partial charge in [0.1, 0.15) is 0 Å². The lowest BCUT2D eigenvalue weighted by molar-refractivity contribution is 0.430. The summed E-state index contributed by atoms with van der Waals surface area (Å²) in [5, 5.41) is 3.48. The maximum absolute atomic E-state index is 3.68. The largest absolute Gasteiger partial charge is 0.312 e. The molecule has 1 saturated carbocycles. The fourth-order valence-corrected chi connectivity index (χ4v) is 4.92. The molecule has 1 heterocycles. The predicted octanol–water partition coefficient (Wildman–Crippen LogP) is 5.05. The lowest BCUT2D eigenvalue weighted by Crippen LogP contribution is -2.16. The van der Waals surface area contributed by atoms with E-state index in [1.807, 2.05) is 11.3 Å². The lowest BCUT2D eigenvalue weighted by atomic mass is 9.98. The first-order valence-corrected chi connectivity index (χ1v) is 8.24. The van der Waals surface area contributed by atoms with Crippen LogP contribution in [-0.4, -0.2) is 7.05 Å². The van der Waals surface area contributed by atoms with Crippen molar-refractivity contribution >= 4 is 27.3 Å². The second-order valence-electron chi connectivity index (χ2n) is 5.14. The van der Waals surface area contributed by atoms with Gasteiger partial charge in [-0.1, -0.05) is 25.7 Å². The van der Waals surface area contributed by atoms with Crippen molar-refractivity contribution in [1.82, 2.24) is 5.32 Å². The number of hydrogen-bond acceptors (Lipinski definition) is 2. The summed E-state index contributed by atoms with van der Waals surface area (Å²) < 4.78 is 1.28. The summed E-state index contributed by atoms with van der Waals surface area (Å²) >= 11 is 5.60. The van der Waals surface area contributed by atoms with E-state index < -0.39 is 0 Å². The van der Waals surface area contributed by atoms with E-state index in [0.717, 1.165) is 5.92 Å². The fourth-order valence-electron chi connectivity index (χ4n) is 2.85. The van der Waals surface area contributed by atoms with Crippen LogP contribution in [0.1, 0.15) is 54.3 Å². The van der Waals surface area contributed by atoms with Crippen LogP contribution in [0.15, 0.2) is 10.5 Å². The molecule has 0 radical (unpaired) electrons. The molecule has 0 aliphatic heterocycles. The van der Waals surface area contributed by atoms with Gasteiger partial charge in [-0.15, -0.1) is 11.3 Å². The van der Waals surface area contributed by atoms with Crippen molar-refractivity contribution < 1.29 is 0 Å². The highest BCUT2D eigenvalue weighted by Crippen LogP contribution is 2.36. The molecule has 1 aliphatic rings. The van der Waals surface area contributed by atoms with Gasteiger partial charge in [-0.05, 0) is 54.7 Å². The van der Waals surface area contributed by atoms with Crippen LogP contribution in [0.5, 0.6) is 0 Å². The smallest absolute Gasteiger partial charge is 0.0423 e. The highest BCUT2D eigenvalue weighted by molar-refractivity contribution is 9.10. The van der Waals surface area contributed by atoms with Gasteiger partial charge >= 0.3 is 0 Å². The standard InChI is InChI=1S/C14H22BrNS/c1-10-9-12(15)14(17-10)13(16-2)8-7-11-5-3-4-6-11/h9,11,13,16H,3-8H2,1-2H3. The zero-order valence-electron chi connectivity index (χ0n) is 10.8. The average molecular weight is 316 g/mol. The van der Waals surface area contributed by atoms with E-state index in [-0.39, 0.29) is 0 Å². The fraction of sp³-hybridized carbons (Fsp3) is 0.714. The van der Waals surface area contributed by atoms with Crippen molar-refractivity contribution in [3.05, 3.63) is 20.3 Å². The van der Waals surface area contributed by atoms with E-state index >= 15 is 0 Å². The quantitative estimate of drug-likeness (QED) is 0.801. The molecule has 1 fully saturated rings. The Labute approximate surface area is 117 Å². The molecule has 0 bridgehead atoms. The van der Waals surface area contributed by atoms with Crippen molar-refractivity contribution in [2.75, 3.05) is 7.05 Å². The van der Waals surface area contributed by atoms with Crippen molar-refractivity contribution in [2.45, 2.75) is 51.5 Å². The molecule has 1 nitrogen and oxygen atoms in total. The molecule has 0 amide bonds. The second-order valence-corrected chi connectivity index (χ2v) is 7.28. The summed E-state index contributed by atoms with van der Waals surface area (Å²) in [5.74, 6) is 0.991. The van der Waals surface area contributed by atoms with Gasteiger partial charge in [-0.25, -0.2) is 0 Å². The molecule has 1 aromatic heterocycles. The van der Waals surface area contributed by atoms with Gasteiger partial charge in [0.15, 0.2) is 0 Å². The molecule has 0 saturated heterocycles. The summed E-state index contributed by atoms with van der Waals surface area (Å²) in [4.78, 5) is 2.87. The average Bonchev–Trinajstić information content (AvgIpc) is 2.90. The summed E-state index contributed by atoms with van der Waals surface area (Å²) in [6.07, 6.45) is 8.49. The summed E-state index contributed by atoms with van der Waals surface area (Å²) in [6, 6.07) is 2.77. The van der Waals surface area contributed by atoms with Crippen LogP contribution in [0.4, 0.5) is 0 Å². The minimum Gasteiger partial charge on any atom is -0.312 e. The van der Waals surface area contributed by atoms with E-state index in [4.69, 9.17) is 0 Å². The van der Waals surface area contributed by atoms with E-state index in [1.165, 1.54) is 52.8 Å². The summed E-state index contributed by atoms with van der Waals surface area (Å²) in [7, 11) is 2.08. The van der Waals surface area contributed by atoms with Crippen molar-refractivity contribution in [2.24, 2.45) is 5.92 Å². The van der Waals surface area contributed by atoms with Crippen LogP contribution >= 0.6 is 27.3 Å². The van der Waals surface area contributed by atoms with Crippen molar-refractivity contribution in [3.8, 4) is 0 Å². The van der Waals surface area contributed by atoms with Gasteiger partial charge in [0.2, 0.25) is 0 Å². The normalized spacial score (nSPS) is 18.8. The van der Waals surface area contributed by atoms with E-state index in [2.05, 4.69) is 41.3 Å². The third kappa shape index (κ3) is 3.55. The van der Waals surface area contributed by atoms with E-state index in [9.17, 15) is 0 Å². The Morgan fingerprint density at radius 3 is 2.71 bits per heavy atom. The highest BCUT2D eigenvalue weighted by atomic mass is 79.9. The number of thiophene rings is 1. The molecule has 1 unspecified atom stereocenters. The molecule has 96 valence electrons. The maximum atomic E-state index is 3.68. The molecule has 1 N–H and O–H groups in total. The van der Waals surface area contributed by atoms with Crippen LogP contribution in [0.3, 0.4) is 0 Å². The zero-order valence-corrected chi connectivity index (χ0v) is 13.2. The number of aryl methyl sites for hydroxylation is 1. The van der Waals surface area contributed by atoms with Gasteiger partial charge in [0.05, 0.1) is 0 Å². The number of nitrogens with one attached hydrogen (secondary N) is 1. The van der Waals surface area contributed by atoms with Gasteiger partial charge in [0, 0.05) is 20.3 Å². The third-order valence-corrected chi connectivity index (χ3v) is 5.92. The SMILES string of the molecule is CNC(CCC1CCCC1)c1sc(C)cc1Br. The first-order chi connectivity index (χ1) is 8.20. The van der Waals surface area contributed by atoms with Crippen LogP contribution in [-0.2, 0) is 0 Å². The van der Waals surface area contributed by atoms with Gasteiger partial charge < -0.3 is 5.32 Å². The maximum Gasteiger partial charge on any atom is 0.0423 e. The molecule has 17 heavy (non-hydrogen) atoms. The Hall–Kier alpha value is 0.140. The van der Waals surface area contributed by atoms with E-state index in [1.54, 1.807) is 0 Å². The number of rotatable bonds is 5. The zero-order chi connectivity index (χ0) is 12.3. The van der Waals surface area contributed by atoms with Crippen molar-refractivity contribution in [3.63, 3.8) is 0 Å². The molecular formula is C14H22BrNS.